The molecule has 0 heterocycles. The third-order valence-electron chi connectivity index (χ3n) is 1.52. The molecule has 0 aliphatic rings. The summed E-state index contributed by atoms with van der Waals surface area (Å²) in [7, 11) is 0. The van der Waals surface area contributed by atoms with Crippen LogP contribution in [-0.2, 0) is 0 Å². The largest absolute Gasteiger partial charge is 0.508 e. The van der Waals surface area contributed by atoms with Gasteiger partial charge in [0, 0.05) is 11.6 Å². The van der Waals surface area contributed by atoms with Crippen LogP contribution in [0.25, 0.3) is 0 Å². The van der Waals surface area contributed by atoms with Crippen molar-refractivity contribution >= 4 is 5.91 Å². The molecule has 0 aliphatic carbocycles. The highest BCUT2D eigenvalue weighted by Crippen LogP contribution is 2.19. The fraction of sp³-hybridized carbons (Fsp3) is 0.100. The molecular weight excluding hydrogens is 182 g/mol. The first kappa shape index (κ1) is 9.93. The van der Waals surface area contributed by atoms with Crippen LogP contribution in [0, 0.1) is 12.3 Å². The summed E-state index contributed by atoms with van der Waals surface area (Å²) in [6.07, 6.45) is 4.95. The van der Waals surface area contributed by atoms with E-state index < -0.39 is 5.91 Å². The van der Waals surface area contributed by atoms with Crippen LogP contribution in [0.15, 0.2) is 18.2 Å². The van der Waals surface area contributed by atoms with E-state index in [1.807, 2.05) is 0 Å². The lowest BCUT2D eigenvalue weighted by molar-refractivity contribution is 0.0958. The summed E-state index contributed by atoms with van der Waals surface area (Å²) in [5.41, 5.74) is 0.165. The molecule has 0 fully saturated rings. The van der Waals surface area contributed by atoms with Crippen molar-refractivity contribution in [3.8, 4) is 23.8 Å². The van der Waals surface area contributed by atoms with Crippen molar-refractivity contribution < 1.29 is 15.0 Å². The van der Waals surface area contributed by atoms with Gasteiger partial charge in [-0.1, -0.05) is 5.92 Å². The Morgan fingerprint density at radius 2 is 1.93 bits per heavy atom. The number of carbonyl (C=O) groups excluding carboxylic acids is 1. The topological polar surface area (TPSA) is 69.6 Å². The van der Waals surface area contributed by atoms with Gasteiger partial charge in [0.1, 0.15) is 11.5 Å². The summed E-state index contributed by atoms with van der Waals surface area (Å²) in [6.45, 7) is 0.106. The molecule has 0 bridgehead atoms. The molecule has 0 saturated heterocycles. The predicted octanol–water partition coefficient (Wildman–Crippen LogP) is 0.461. The summed E-state index contributed by atoms with van der Waals surface area (Å²) in [5.74, 6) is 1.46. The van der Waals surface area contributed by atoms with E-state index in [0.29, 0.717) is 0 Å². The Hall–Kier alpha value is -2.15. The van der Waals surface area contributed by atoms with Gasteiger partial charge in [0.05, 0.1) is 6.54 Å². The molecule has 0 spiro atoms. The van der Waals surface area contributed by atoms with Crippen LogP contribution >= 0.6 is 0 Å². The number of hydrogen-bond donors (Lipinski definition) is 3. The molecule has 0 atom stereocenters. The summed E-state index contributed by atoms with van der Waals surface area (Å²) >= 11 is 0. The number of benzene rings is 1. The molecule has 0 aliphatic heterocycles. The molecule has 4 nitrogen and oxygen atoms in total. The molecule has 1 aromatic carbocycles. The van der Waals surface area contributed by atoms with Gasteiger partial charge in [-0.25, -0.2) is 0 Å². The van der Waals surface area contributed by atoms with E-state index in [1.54, 1.807) is 0 Å². The van der Waals surface area contributed by atoms with E-state index in [0.717, 1.165) is 6.07 Å². The average molecular weight is 191 g/mol. The van der Waals surface area contributed by atoms with Crippen molar-refractivity contribution in [1.82, 2.24) is 5.32 Å². The first-order valence-corrected chi connectivity index (χ1v) is 3.88. The first-order chi connectivity index (χ1) is 6.63. The summed E-state index contributed by atoms with van der Waals surface area (Å²) < 4.78 is 0. The van der Waals surface area contributed by atoms with E-state index in [4.69, 9.17) is 16.6 Å². The molecule has 0 radical (unpaired) electrons. The van der Waals surface area contributed by atoms with Crippen molar-refractivity contribution in [2.24, 2.45) is 0 Å². The first-order valence-electron chi connectivity index (χ1n) is 3.88. The molecule has 0 saturated carbocycles. The van der Waals surface area contributed by atoms with Gasteiger partial charge in [-0.3, -0.25) is 4.79 Å². The Labute approximate surface area is 81.2 Å². The van der Waals surface area contributed by atoms with E-state index >= 15 is 0 Å². The number of rotatable bonds is 2. The molecule has 0 aromatic heterocycles. The van der Waals surface area contributed by atoms with Gasteiger partial charge in [0.25, 0.3) is 5.91 Å². The van der Waals surface area contributed by atoms with Gasteiger partial charge in [-0.15, -0.1) is 6.42 Å². The van der Waals surface area contributed by atoms with Crippen LogP contribution in [0.4, 0.5) is 0 Å². The fourth-order valence-electron chi connectivity index (χ4n) is 0.960. The normalized spacial score (nSPS) is 9.07. The monoisotopic (exact) mass is 191 g/mol. The summed E-state index contributed by atoms with van der Waals surface area (Å²) in [4.78, 5) is 11.3. The second-order valence-electron chi connectivity index (χ2n) is 2.62. The SMILES string of the molecule is C#CCNC(=O)c1cc(O)cc(O)c1. The van der Waals surface area contributed by atoms with Crippen molar-refractivity contribution in [2.45, 2.75) is 0 Å². The third-order valence-corrected chi connectivity index (χ3v) is 1.52. The molecule has 14 heavy (non-hydrogen) atoms. The average Bonchev–Trinajstić information content (AvgIpc) is 2.12. The van der Waals surface area contributed by atoms with E-state index in [2.05, 4.69) is 11.2 Å². The van der Waals surface area contributed by atoms with Gasteiger partial charge < -0.3 is 15.5 Å². The number of nitrogens with one attached hydrogen (secondary N) is 1. The molecule has 72 valence electrons. The summed E-state index contributed by atoms with van der Waals surface area (Å²) in [6, 6.07) is 3.62. The Balaban J connectivity index is 2.85. The predicted molar refractivity (Wildman–Crippen MR) is 50.9 cm³/mol. The number of aromatic hydroxyl groups is 2. The molecule has 1 amide bonds. The zero-order valence-corrected chi connectivity index (χ0v) is 7.32. The quantitative estimate of drug-likeness (QED) is 0.595. The number of carbonyl (C=O) groups is 1. The minimum absolute atomic E-state index is 0.106. The maximum absolute atomic E-state index is 11.3. The summed E-state index contributed by atoms with van der Waals surface area (Å²) in [5, 5.41) is 20.6. The van der Waals surface area contributed by atoms with E-state index in [9.17, 15) is 4.79 Å². The molecule has 0 unspecified atom stereocenters. The standard InChI is InChI=1S/C10H9NO3/c1-2-3-11-10(14)7-4-8(12)6-9(13)5-7/h1,4-6,12-13H,3H2,(H,11,14). The van der Waals surface area contributed by atoms with Gasteiger partial charge >= 0.3 is 0 Å². The van der Waals surface area contributed by atoms with Crippen LogP contribution in [-0.4, -0.2) is 22.7 Å². The van der Waals surface area contributed by atoms with Crippen molar-refractivity contribution in [3.63, 3.8) is 0 Å². The lowest BCUT2D eigenvalue weighted by Gasteiger charge is -2.02. The second-order valence-corrected chi connectivity index (χ2v) is 2.62. The highest BCUT2D eigenvalue weighted by atomic mass is 16.3. The maximum Gasteiger partial charge on any atom is 0.252 e. The Morgan fingerprint density at radius 1 is 1.36 bits per heavy atom. The van der Waals surface area contributed by atoms with Crippen LogP contribution in [0.2, 0.25) is 0 Å². The van der Waals surface area contributed by atoms with Gasteiger partial charge in [-0.05, 0) is 12.1 Å². The van der Waals surface area contributed by atoms with E-state index in [1.165, 1.54) is 12.1 Å². The lowest BCUT2D eigenvalue weighted by atomic mass is 10.2. The smallest absolute Gasteiger partial charge is 0.252 e. The number of amides is 1. The van der Waals surface area contributed by atoms with Gasteiger partial charge in [0.15, 0.2) is 0 Å². The molecule has 4 heteroatoms. The van der Waals surface area contributed by atoms with Crippen LogP contribution in [0.3, 0.4) is 0 Å². The third kappa shape index (κ3) is 2.42. The molecule has 3 N–H and O–H groups in total. The highest BCUT2D eigenvalue weighted by Gasteiger charge is 2.06. The van der Waals surface area contributed by atoms with Crippen LogP contribution < -0.4 is 5.32 Å². The van der Waals surface area contributed by atoms with Crippen molar-refractivity contribution in [2.75, 3.05) is 6.54 Å². The number of hydrogen-bond acceptors (Lipinski definition) is 3. The van der Waals surface area contributed by atoms with Crippen molar-refractivity contribution in [3.05, 3.63) is 23.8 Å². The van der Waals surface area contributed by atoms with Crippen molar-refractivity contribution in [1.29, 1.82) is 0 Å². The zero-order chi connectivity index (χ0) is 10.6. The Kier molecular flexibility index (Phi) is 2.97. The molecular formula is C10H9NO3. The Bertz CT molecular complexity index is 373. The lowest BCUT2D eigenvalue weighted by Crippen LogP contribution is -2.23. The fourth-order valence-corrected chi connectivity index (χ4v) is 0.960. The Morgan fingerprint density at radius 3 is 2.43 bits per heavy atom. The molecule has 1 rings (SSSR count). The zero-order valence-electron chi connectivity index (χ0n) is 7.32. The van der Waals surface area contributed by atoms with Crippen LogP contribution in [0.5, 0.6) is 11.5 Å². The van der Waals surface area contributed by atoms with Crippen LogP contribution in [0.1, 0.15) is 10.4 Å². The minimum Gasteiger partial charge on any atom is -0.508 e. The highest BCUT2D eigenvalue weighted by molar-refractivity contribution is 5.95. The minimum atomic E-state index is -0.436. The number of phenols is 2. The number of terminal acetylenes is 1. The van der Waals surface area contributed by atoms with E-state index in [-0.39, 0.29) is 23.6 Å². The number of phenolic OH excluding ortho intramolecular Hbond substituents is 2. The maximum atomic E-state index is 11.3. The second kappa shape index (κ2) is 4.19. The van der Waals surface area contributed by atoms with Gasteiger partial charge in [-0.2, -0.15) is 0 Å². The molecule has 1 aromatic rings. The van der Waals surface area contributed by atoms with Gasteiger partial charge in [0.2, 0.25) is 0 Å².